The topological polar surface area (TPSA) is 37.4 Å². The SMILES string of the molecule is CC(c1ccc(S(C)=O)cc1)N(C)C(=O)C1CC1c1cccc(F)c1F. The van der Waals surface area contributed by atoms with Crippen molar-refractivity contribution in [1.29, 1.82) is 0 Å². The largest absolute Gasteiger partial charge is 0.339 e. The van der Waals surface area contributed by atoms with E-state index in [-0.39, 0.29) is 29.3 Å². The Labute approximate surface area is 154 Å². The molecule has 138 valence electrons. The lowest BCUT2D eigenvalue weighted by molar-refractivity contribution is -0.133. The van der Waals surface area contributed by atoms with Gasteiger partial charge in [0.2, 0.25) is 5.91 Å². The average molecular weight is 377 g/mol. The number of carbonyl (C=O) groups is 1. The number of amides is 1. The van der Waals surface area contributed by atoms with Crippen molar-refractivity contribution in [3.63, 3.8) is 0 Å². The van der Waals surface area contributed by atoms with E-state index >= 15 is 0 Å². The number of benzene rings is 2. The first-order valence-corrected chi connectivity index (χ1v) is 10.0. The Hall–Kier alpha value is -2.08. The lowest BCUT2D eigenvalue weighted by atomic mass is 10.1. The van der Waals surface area contributed by atoms with Gasteiger partial charge in [-0.25, -0.2) is 8.78 Å². The second-order valence-corrected chi connectivity index (χ2v) is 8.12. The predicted molar refractivity (Wildman–Crippen MR) is 97.2 cm³/mol. The molecule has 26 heavy (non-hydrogen) atoms. The maximum Gasteiger partial charge on any atom is 0.226 e. The molecule has 0 bridgehead atoms. The number of rotatable bonds is 5. The molecule has 0 heterocycles. The van der Waals surface area contributed by atoms with E-state index in [2.05, 4.69) is 0 Å². The fourth-order valence-corrected chi connectivity index (χ4v) is 3.75. The van der Waals surface area contributed by atoms with Crippen molar-refractivity contribution in [3.05, 3.63) is 65.2 Å². The minimum atomic E-state index is -1.04. The van der Waals surface area contributed by atoms with Gasteiger partial charge >= 0.3 is 0 Å². The van der Waals surface area contributed by atoms with Gasteiger partial charge in [-0.05, 0) is 48.6 Å². The van der Waals surface area contributed by atoms with Gasteiger partial charge in [0.15, 0.2) is 11.6 Å². The fraction of sp³-hybridized carbons (Fsp3) is 0.350. The summed E-state index contributed by atoms with van der Waals surface area (Å²) in [6, 6.07) is 11.2. The summed E-state index contributed by atoms with van der Waals surface area (Å²) in [5.74, 6) is -2.39. The molecular weight excluding hydrogens is 356 g/mol. The number of carbonyl (C=O) groups excluding carboxylic acids is 1. The molecule has 4 unspecified atom stereocenters. The van der Waals surface area contributed by atoms with Crippen molar-refractivity contribution < 1.29 is 17.8 Å². The molecule has 0 N–H and O–H groups in total. The Bertz CT molecular complexity index is 853. The van der Waals surface area contributed by atoms with Gasteiger partial charge in [-0.2, -0.15) is 0 Å². The summed E-state index contributed by atoms with van der Waals surface area (Å²) in [6.45, 7) is 1.91. The van der Waals surface area contributed by atoms with Crippen LogP contribution in [0.25, 0.3) is 0 Å². The molecule has 1 amide bonds. The zero-order chi connectivity index (χ0) is 19.0. The van der Waals surface area contributed by atoms with Crippen LogP contribution in [0.2, 0.25) is 0 Å². The Balaban J connectivity index is 1.70. The Morgan fingerprint density at radius 1 is 1.19 bits per heavy atom. The maximum atomic E-state index is 13.9. The number of halogens is 2. The molecule has 1 saturated carbocycles. The molecule has 0 aromatic heterocycles. The van der Waals surface area contributed by atoms with E-state index in [0.29, 0.717) is 6.42 Å². The minimum absolute atomic E-state index is 0.0747. The van der Waals surface area contributed by atoms with E-state index in [0.717, 1.165) is 16.5 Å². The molecule has 0 spiro atoms. The van der Waals surface area contributed by atoms with Crippen LogP contribution in [-0.2, 0) is 15.6 Å². The molecule has 2 aromatic rings. The van der Waals surface area contributed by atoms with Crippen LogP contribution in [0, 0.1) is 17.6 Å². The van der Waals surface area contributed by atoms with Gasteiger partial charge in [-0.1, -0.05) is 24.3 Å². The lowest BCUT2D eigenvalue weighted by Gasteiger charge is -2.26. The Morgan fingerprint density at radius 3 is 2.46 bits per heavy atom. The summed E-state index contributed by atoms with van der Waals surface area (Å²) >= 11 is 0. The standard InChI is InChI=1S/C20H21F2NO2S/c1-12(13-7-9-14(10-8-13)26(3)25)23(2)20(24)17-11-16(17)15-5-4-6-18(21)19(15)22/h4-10,12,16-17H,11H2,1-3H3. The highest BCUT2D eigenvalue weighted by Gasteiger charge is 2.47. The van der Waals surface area contributed by atoms with Crippen LogP contribution in [0.15, 0.2) is 47.4 Å². The first-order valence-electron chi connectivity index (χ1n) is 8.45. The van der Waals surface area contributed by atoms with Gasteiger partial charge in [-0.3, -0.25) is 9.00 Å². The molecule has 0 radical (unpaired) electrons. The maximum absolute atomic E-state index is 13.9. The molecule has 3 rings (SSSR count). The van der Waals surface area contributed by atoms with Crippen LogP contribution in [-0.4, -0.2) is 28.3 Å². The zero-order valence-corrected chi connectivity index (χ0v) is 15.7. The van der Waals surface area contributed by atoms with E-state index in [1.165, 1.54) is 6.07 Å². The predicted octanol–water partition coefficient (Wildman–Crippen LogP) is 4.03. The molecular formula is C20H21F2NO2S. The van der Waals surface area contributed by atoms with E-state index in [1.54, 1.807) is 36.4 Å². The highest BCUT2D eigenvalue weighted by molar-refractivity contribution is 7.84. The fourth-order valence-electron chi connectivity index (χ4n) is 3.23. The molecule has 3 nitrogen and oxygen atoms in total. The monoisotopic (exact) mass is 377 g/mol. The lowest BCUT2D eigenvalue weighted by Crippen LogP contribution is -2.31. The third-order valence-electron chi connectivity index (χ3n) is 5.11. The number of nitrogens with zero attached hydrogens (tertiary/aromatic N) is 1. The minimum Gasteiger partial charge on any atom is -0.339 e. The van der Waals surface area contributed by atoms with Gasteiger partial charge < -0.3 is 4.90 Å². The molecule has 6 heteroatoms. The van der Waals surface area contributed by atoms with Crippen molar-refractivity contribution in [2.24, 2.45) is 5.92 Å². The van der Waals surface area contributed by atoms with Gasteiger partial charge in [0.05, 0.1) is 6.04 Å². The van der Waals surface area contributed by atoms with Crippen LogP contribution in [0.1, 0.15) is 36.4 Å². The highest BCUT2D eigenvalue weighted by Crippen LogP contribution is 2.50. The number of hydrogen-bond acceptors (Lipinski definition) is 2. The van der Waals surface area contributed by atoms with Gasteiger partial charge in [0, 0.05) is 34.9 Å². The van der Waals surface area contributed by atoms with Crippen molar-refractivity contribution >= 4 is 16.7 Å². The van der Waals surface area contributed by atoms with E-state index < -0.39 is 22.4 Å². The van der Waals surface area contributed by atoms with E-state index in [4.69, 9.17) is 0 Å². The Kier molecular flexibility index (Phi) is 5.23. The van der Waals surface area contributed by atoms with E-state index in [9.17, 15) is 17.8 Å². The highest BCUT2D eigenvalue weighted by atomic mass is 32.2. The van der Waals surface area contributed by atoms with Crippen molar-refractivity contribution in [3.8, 4) is 0 Å². The summed E-state index contributed by atoms with van der Waals surface area (Å²) < 4.78 is 38.8. The summed E-state index contributed by atoms with van der Waals surface area (Å²) in [6.07, 6.45) is 2.15. The van der Waals surface area contributed by atoms with Crippen molar-refractivity contribution in [1.82, 2.24) is 4.90 Å². The van der Waals surface area contributed by atoms with Crippen molar-refractivity contribution in [2.45, 2.75) is 30.2 Å². The molecule has 0 saturated heterocycles. The first kappa shape index (κ1) is 18.7. The van der Waals surface area contributed by atoms with Crippen LogP contribution in [0.5, 0.6) is 0 Å². The molecule has 1 aliphatic rings. The molecule has 1 fully saturated rings. The van der Waals surface area contributed by atoms with Crippen LogP contribution < -0.4 is 0 Å². The van der Waals surface area contributed by atoms with Crippen LogP contribution in [0.4, 0.5) is 8.78 Å². The first-order chi connectivity index (χ1) is 12.3. The quantitative estimate of drug-likeness (QED) is 0.789. The number of hydrogen-bond donors (Lipinski definition) is 0. The van der Waals surface area contributed by atoms with Gasteiger partial charge in [-0.15, -0.1) is 0 Å². The summed E-state index contributed by atoms with van der Waals surface area (Å²) in [5.41, 5.74) is 1.21. The summed E-state index contributed by atoms with van der Waals surface area (Å²) in [5, 5.41) is 0. The van der Waals surface area contributed by atoms with Crippen LogP contribution >= 0.6 is 0 Å². The smallest absolute Gasteiger partial charge is 0.226 e. The second-order valence-electron chi connectivity index (χ2n) is 6.74. The molecule has 4 atom stereocenters. The van der Waals surface area contributed by atoms with E-state index in [1.807, 2.05) is 19.1 Å². The van der Waals surface area contributed by atoms with Gasteiger partial charge in [0.1, 0.15) is 0 Å². The third kappa shape index (κ3) is 3.56. The van der Waals surface area contributed by atoms with Crippen LogP contribution in [0.3, 0.4) is 0 Å². The van der Waals surface area contributed by atoms with Gasteiger partial charge in [0.25, 0.3) is 0 Å². The van der Waals surface area contributed by atoms with Crippen molar-refractivity contribution in [2.75, 3.05) is 13.3 Å². The zero-order valence-electron chi connectivity index (χ0n) is 14.9. The second kappa shape index (κ2) is 7.27. The Morgan fingerprint density at radius 2 is 1.85 bits per heavy atom. The third-order valence-corrected chi connectivity index (χ3v) is 6.05. The molecule has 2 aromatic carbocycles. The molecule has 1 aliphatic carbocycles. The molecule has 0 aliphatic heterocycles. The normalized spacial score (nSPS) is 21.1. The summed E-state index contributed by atoms with van der Waals surface area (Å²) in [4.78, 5) is 15.1. The average Bonchev–Trinajstić information content (AvgIpc) is 3.42. The summed E-state index contributed by atoms with van der Waals surface area (Å²) in [7, 11) is 0.674.